The van der Waals surface area contributed by atoms with Gasteiger partial charge in [0.1, 0.15) is 11.3 Å². The number of hydrogen-bond donors (Lipinski definition) is 2. The number of rotatable bonds is 6. The average Bonchev–Trinajstić information content (AvgIpc) is 3.24. The van der Waals surface area contributed by atoms with Crippen LogP contribution in [0.15, 0.2) is 74.5 Å². The van der Waals surface area contributed by atoms with Crippen LogP contribution in [0.5, 0.6) is 11.5 Å². The predicted octanol–water partition coefficient (Wildman–Crippen LogP) is 5.82. The summed E-state index contributed by atoms with van der Waals surface area (Å²) < 4.78 is 11.4. The van der Waals surface area contributed by atoms with Gasteiger partial charge in [-0.3, -0.25) is 19.9 Å². The number of aliphatic imine (C=N–C) groups is 1. The van der Waals surface area contributed by atoms with Gasteiger partial charge < -0.3 is 19.6 Å². The second-order valence-corrected chi connectivity index (χ2v) is 7.78. The van der Waals surface area contributed by atoms with E-state index in [4.69, 9.17) is 9.15 Å². The normalized spacial score (nSPS) is 11.1. The van der Waals surface area contributed by atoms with Crippen molar-refractivity contribution in [3.8, 4) is 11.5 Å². The van der Waals surface area contributed by atoms with Crippen LogP contribution in [-0.2, 0) is 0 Å². The number of carbonyl (C=O) groups excluding carboxylic acids is 1. The van der Waals surface area contributed by atoms with Crippen LogP contribution >= 0.6 is 15.9 Å². The molecule has 0 aliphatic heterocycles. The molecular weight excluding hydrogens is 494 g/mol. The highest BCUT2D eigenvalue weighted by atomic mass is 79.9. The van der Waals surface area contributed by atoms with Crippen molar-refractivity contribution in [2.45, 2.75) is 0 Å². The molecule has 4 aromatic rings. The van der Waals surface area contributed by atoms with Gasteiger partial charge in [-0.05, 0) is 30.3 Å². The number of ether oxygens (including phenoxy) is 1. The van der Waals surface area contributed by atoms with Crippen molar-refractivity contribution in [2.75, 3.05) is 12.4 Å². The van der Waals surface area contributed by atoms with Crippen LogP contribution in [0.25, 0.3) is 11.0 Å². The first kappa shape index (κ1) is 22.0. The fourth-order valence-corrected chi connectivity index (χ4v) is 3.59. The minimum absolute atomic E-state index is 0.159. The Morgan fingerprint density at radius 3 is 2.73 bits per heavy atom. The molecule has 0 atom stereocenters. The summed E-state index contributed by atoms with van der Waals surface area (Å²) in [6.45, 7) is 0. The summed E-state index contributed by atoms with van der Waals surface area (Å²) in [5, 5.41) is 24.8. The number of aromatic hydroxyl groups is 1. The maximum Gasteiger partial charge on any atom is 0.312 e. The van der Waals surface area contributed by atoms with E-state index in [0.717, 1.165) is 5.39 Å². The van der Waals surface area contributed by atoms with Gasteiger partial charge in [0.05, 0.1) is 23.4 Å². The van der Waals surface area contributed by atoms with E-state index in [2.05, 4.69) is 26.2 Å². The Balaban J connectivity index is 1.57. The average molecular weight is 510 g/mol. The van der Waals surface area contributed by atoms with Crippen LogP contribution in [0.3, 0.4) is 0 Å². The highest BCUT2D eigenvalue weighted by Crippen LogP contribution is 2.34. The molecule has 166 valence electrons. The highest BCUT2D eigenvalue weighted by Gasteiger charge is 2.18. The lowest BCUT2D eigenvalue weighted by atomic mass is 10.2. The van der Waals surface area contributed by atoms with Crippen molar-refractivity contribution in [3.63, 3.8) is 0 Å². The Hall–Kier alpha value is -4.18. The second-order valence-electron chi connectivity index (χ2n) is 6.87. The molecular formula is C23H16BrN3O6. The van der Waals surface area contributed by atoms with E-state index in [9.17, 15) is 20.0 Å². The number of amides is 1. The fraction of sp³-hybridized carbons (Fsp3) is 0.0435. The molecule has 0 radical (unpaired) electrons. The number of phenols is 1. The highest BCUT2D eigenvalue weighted by molar-refractivity contribution is 9.10. The second kappa shape index (κ2) is 9.13. The number of phenolic OH excluding ortho intramolecular Hbond substituents is 1. The molecule has 0 bridgehead atoms. The molecule has 3 aromatic carbocycles. The number of furan rings is 1. The first-order valence-electron chi connectivity index (χ1n) is 9.54. The molecule has 10 heteroatoms. The molecule has 0 unspecified atom stereocenters. The number of nitrogens with one attached hydrogen (secondary N) is 1. The van der Waals surface area contributed by atoms with Gasteiger partial charge in [0.25, 0.3) is 5.91 Å². The van der Waals surface area contributed by atoms with E-state index >= 15 is 0 Å². The zero-order chi connectivity index (χ0) is 23.5. The van der Waals surface area contributed by atoms with Gasteiger partial charge in [-0.25, -0.2) is 0 Å². The first-order chi connectivity index (χ1) is 15.9. The Labute approximate surface area is 195 Å². The molecule has 2 N–H and O–H groups in total. The molecule has 1 heterocycles. The summed E-state index contributed by atoms with van der Waals surface area (Å²) in [6, 6.07) is 16.5. The number of anilines is 1. The summed E-state index contributed by atoms with van der Waals surface area (Å²) in [4.78, 5) is 27.3. The van der Waals surface area contributed by atoms with E-state index in [1.165, 1.54) is 25.5 Å². The number of fused-ring (bicyclic) bond motifs is 1. The van der Waals surface area contributed by atoms with Gasteiger partial charge in [-0.1, -0.05) is 34.1 Å². The number of benzene rings is 3. The molecule has 4 rings (SSSR count). The number of nitro benzene ring substituents is 1. The molecule has 0 aliphatic rings. The van der Waals surface area contributed by atoms with Crippen LogP contribution in [0.4, 0.5) is 17.1 Å². The van der Waals surface area contributed by atoms with E-state index in [0.29, 0.717) is 27.2 Å². The molecule has 0 saturated heterocycles. The molecule has 0 saturated carbocycles. The summed E-state index contributed by atoms with van der Waals surface area (Å²) in [5.74, 6) is -0.425. The molecule has 1 amide bonds. The number of nitro groups is 1. The minimum Gasteiger partial charge on any atom is -0.502 e. The number of halogens is 1. The fourth-order valence-electron chi connectivity index (χ4n) is 3.13. The van der Waals surface area contributed by atoms with Crippen molar-refractivity contribution in [2.24, 2.45) is 4.99 Å². The van der Waals surface area contributed by atoms with Crippen LogP contribution in [0, 0.1) is 10.1 Å². The van der Waals surface area contributed by atoms with Crippen LogP contribution in [0.1, 0.15) is 16.1 Å². The van der Waals surface area contributed by atoms with Crippen LogP contribution in [0.2, 0.25) is 0 Å². The summed E-state index contributed by atoms with van der Waals surface area (Å²) >= 11 is 3.18. The van der Waals surface area contributed by atoms with Crippen molar-refractivity contribution >= 4 is 56.1 Å². The molecule has 1 aromatic heterocycles. The van der Waals surface area contributed by atoms with Crippen LogP contribution in [-0.4, -0.2) is 29.3 Å². The van der Waals surface area contributed by atoms with Gasteiger partial charge in [-0.2, -0.15) is 0 Å². The monoisotopic (exact) mass is 509 g/mol. The van der Waals surface area contributed by atoms with Crippen LogP contribution < -0.4 is 10.1 Å². The SMILES string of the molecule is COc1cc(N=Cc2cc(Br)cc([N+](=O)[O-])c2O)ccc1NC(=O)c1cc2ccccc2o1. The third kappa shape index (κ3) is 4.70. The number of methoxy groups -OCH3 is 1. The summed E-state index contributed by atoms with van der Waals surface area (Å²) in [5.41, 5.74) is 1.18. The van der Waals surface area contributed by atoms with Gasteiger partial charge in [0.15, 0.2) is 5.76 Å². The lowest BCUT2D eigenvalue weighted by molar-refractivity contribution is -0.385. The van der Waals surface area contributed by atoms with Crippen molar-refractivity contribution in [1.29, 1.82) is 0 Å². The van der Waals surface area contributed by atoms with E-state index in [1.54, 1.807) is 30.3 Å². The molecule has 9 nitrogen and oxygen atoms in total. The molecule has 33 heavy (non-hydrogen) atoms. The molecule has 0 fully saturated rings. The minimum atomic E-state index is -0.681. The van der Waals surface area contributed by atoms with Gasteiger partial charge >= 0.3 is 5.69 Å². The van der Waals surface area contributed by atoms with Gasteiger partial charge in [0.2, 0.25) is 5.75 Å². The summed E-state index contributed by atoms with van der Waals surface area (Å²) in [6.07, 6.45) is 1.30. The number of hydrogen-bond acceptors (Lipinski definition) is 7. The van der Waals surface area contributed by atoms with Crippen molar-refractivity contribution in [1.82, 2.24) is 0 Å². The van der Waals surface area contributed by atoms with E-state index in [1.807, 2.05) is 18.2 Å². The maximum atomic E-state index is 12.6. The smallest absolute Gasteiger partial charge is 0.312 e. The van der Waals surface area contributed by atoms with Crippen molar-refractivity contribution in [3.05, 3.63) is 86.6 Å². The lowest BCUT2D eigenvalue weighted by Gasteiger charge is -2.10. The Bertz CT molecular complexity index is 1380. The molecule has 0 spiro atoms. The van der Waals surface area contributed by atoms with Crippen molar-refractivity contribution < 1.29 is 24.0 Å². The number of carbonyl (C=O) groups is 1. The Morgan fingerprint density at radius 2 is 2.00 bits per heavy atom. The van der Waals surface area contributed by atoms with Gasteiger partial charge in [-0.15, -0.1) is 0 Å². The third-order valence-corrected chi connectivity index (χ3v) is 5.17. The first-order valence-corrected chi connectivity index (χ1v) is 10.3. The zero-order valence-electron chi connectivity index (χ0n) is 17.1. The van der Waals surface area contributed by atoms with Gasteiger partial charge in [0, 0.05) is 33.8 Å². The third-order valence-electron chi connectivity index (χ3n) is 4.72. The quantitative estimate of drug-likeness (QED) is 0.191. The largest absolute Gasteiger partial charge is 0.502 e. The Morgan fingerprint density at radius 1 is 1.21 bits per heavy atom. The number of nitrogens with zero attached hydrogens (tertiary/aromatic N) is 2. The molecule has 0 aliphatic carbocycles. The maximum absolute atomic E-state index is 12.6. The lowest BCUT2D eigenvalue weighted by Crippen LogP contribution is -2.11. The Kier molecular flexibility index (Phi) is 6.09. The number of para-hydroxylation sites is 1. The predicted molar refractivity (Wildman–Crippen MR) is 127 cm³/mol. The zero-order valence-corrected chi connectivity index (χ0v) is 18.7. The van der Waals surface area contributed by atoms with E-state index in [-0.39, 0.29) is 11.3 Å². The topological polar surface area (TPSA) is 127 Å². The van der Waals surface area contributed by atoms with E-state index < -0.39 is 22.3 Å². The summed E-state index contributed by atoms with van der Waals surface area (Å²) in [7, 11) is 1.45. The standard InChI is InChI=1S/C23H16BrN3O6/c1-32-20-11-16(25-12-14-8-15(24)10-18(22(14)28)27(30)31)6-7-17(20)26-23(29)21-9-13-4-2-3-5-19(13)33-21/h2-12,28H,1H3,(H,26,29).